The predicted octanol–water partition coefficient (Wildman–Crippen LogP) is 4.68. The van der Waals surface area contributed by atoms with E-state index in [2.05, 4.69) is 104 Å². The normalized spacial score (nSPS) is 11.1. The van der Waals surface area contributed by atoms with Crippen LogP contribution >= 0.6 is 7.26 Å². The van der Waals surface area contributed by atoms with E-state index in [0.717, 1.165) is 16.5 Å². The summed E-state index contributed by atoms with van der Waals surface area (Å²) in [6.45, 7) is 11.7. The van der Waals surface area contributed by atoms with Crippen LogP contribution in [0, 0.1) is 0 Å². The van der Waals surface area contributed by atoms with Crippen molar-refractivity contribution in [2.45, 2.75) is 26.4 Å². The van der Waals surface area contributed by atoms with E-state index in [1.54, 1.807) is 12.3 Å². The number of rotatable bonds is 4. The molecule has 1 aromatic heterocycles. The van der Waals surface area contributed by atoms with Crippen LogP contribution in [-0.4, -0.2) is 22.9 Å². The first kappa shape index (κ1) is 30.1. The quantitative estimate of drug-likeness (QED) is 0.281. The van der Waals surface area contributed by atoms with Gasteiger partial charge >= 0.3 is 6.09 Å². The van der Waals surface area contributed by atoms with Gasteiger partial charge in [-0.1, -0.05) is 79.4 Å². The summed E-state index contributed by atoms with van der Waals surface area (Å²) in [5.74, 6) is 0. The van der Waals surface area contributed by atoms with Gasteiger partial charge in [-0.15, -0.1) is 0 Å². The second-order valence-electron chi connectivity index (χ2n) is 10.2. The molecule has 5 rings (SSSR count). The molecule has 0 fully saturated rings. The number of hydrogen-bond donors (Lipinski definition) is 0. The minimum Gasteiger partial charge on any atom is -1.00 e. The summed E-state index contributed by atoms with van der Waals surface area (Å²) in [4.78, 5) is 12.0. The zero-order chi connectivity index (χ0) is 27.2. The number of fused-ring (bicyclic) bond motifs is 1. The van der Waals surface area contributed by atoms with Gasteiger partial charge in [0.1, 0.15) is 28.8 Å². The Balaban J connectivity index is 0.000000211. The fourth-order valence-corrected chi connectivity index (χ4v) is 7.57. The van der Waals surface area contributed by atoms with Gasteiger partial charge in [-0.2, -0.15) is 0 Å². The first-order valence-corrected chi connectivity index (χ1v) is 15.0. The van der Waals surface area contributed by atoms with Gasteiger partial charge in [-0.05, 0) is 74.9 Å². The minimum atomic E-state index is -1.53. The van der Waals surface area contributed by atoms with Crippen molar-refractivity contribution in [3.05, 3.63) is 134 Å². The molecule has 0 aliphatic carbocycles. The van der Waals surface area contributed by atoms with Gasteiger partial charge < -0.3 is 21.7 Å². The van der Waals surface area contributed by atoms with E-state index in [4.69, 9.17) is 4.74 Å². The van der Waals surface area contributed by atoms with Crippen molar-refractivity contribution in [1.29, 1.82) is 0 Å². The Morgan fingerprint density at radius 3 is 1.64 bits per heavy atom. The Bertz CT molecular complexity index is 1410. The Morgan fingerprint density at radius 2 is 1.23 bits per heavy atom. The molecule has 0 saturated carbocycles. The standard InChI is InChI=1S/C19H18P.C15H17NO2.BrH/c1-20(17-11-5-2-6-12-17,18-13-7-3-8-14-18)19-15-9-4-10-16-19;1-5-11-6-7-12-8-9-16(13(12)10-11)14(17)18-15(2,3)4;/h2-16H,1H3;5-10H,1H2,2-4H3;1H/q+1;;/p-1. The second-order valence-corrected chi connectivity index (χ2v) is 13.8. The van der Waals surface area contributed by atoms with Crippen LogP contribution in [-0.2, 0) is 4.74 Å². The van der Waals surface area contributed by atoms with Gasteiger partial charge in [0.15, 0.2) is 0 Å². The van der Waals surface area contributed by atoms with Crippen molar-refractivity contribution in [2.75, 3.05) is 6.66 Å². The van der Waals surface area contributed by atoms with Gasteiger partial charge in [0, 0.05) is 11.6 Å². The van der Waals surface area contributed by atoms with E-state index in [0.29, 0.717) is 0 Å². The van der Waals surface area contributed by atoms with E-state index < -0.39 is 12.9 Å². The SMILES string of the molecule is C=Cc1ccc2ccn(C(=O)OC(C)(C)C)c2c1.C[P+](c1ccccc1)(c1ccccc1)c1ccccc1.[Br-]. The monoisotopic (exact) mass is 599 g/mol. The van der Waals surface area contributed by atoms with Crippen molar-refractivity contribution in [3.63, 3.8) is 0 Å². The summed E-state index contributed by atoms with van der Waals surface area (Å²) in [5, 5.41) is 5.29. The highest BCUT2D eigenvalue weighted by Gasteiger charge is 2.39. The Kier molecular flexibility index (Phi) is 10.1. The Morgan fingerprint density at radius 1 is 0.769 bits per heavy atom. The van der Waals surface area contributed by atoms with Crippen LogP contribution in [0.25, 0.3) is 17.0 Å². The van der Waals surface area contributed by atoms with Gasteiger partial charge in [-0.3, -0.25) is 4.57 Å². The zero-order valence-corrected chi connectivity index (χ0v) is 25.4. The molecule has 0 spiro atoms. The molecule has 0 unspecified atom stereocenters. The number of carbonyl (C=O) groups excluding carboxylic acids is 1. The number of nitrogens with zero attached hydrogens (tertiary/aromatic N) is 1. The molecule has 5 heteroatoms. The highest BCUT2D eigenvalue weighted by molar-refractivity contribution is 7.95. The van der Waals surface area contributed by atoms with Crippen LogP contribution in [0.1, 0.15) is 26.3 Å². The van der Waals surface area contributed by atoms with Crippen molar-refractivity contribution >= 4 is 46.2 Å². The summed E-state index contributed by atoms with van der Waals surface area (Å²) in [6.07, 6.45) is 3.12. The summed E-state index contributed by atoms with van der Waals surface area (Å²) < 4.78 is 6.88. The molecular weight excluding hydrogens is 565 g/mol. The molecule has 0 saturated heterocycles. The van der Waals surface area contributed by atoms with Crippen molar-refractivity contribution < 1.29 is 26.5 Å². The molecule has 200 valence electrons. The molecule has 0 bridgehead atoms. The lowest BCUT2D eigenvalue weighted by Crippen LogP contribution is -3.00. The fourth-order valence-electron chi connectivity index (χ4n) is 4.37. The van der Waals surface area contributed by atoms with Gasteiger partial charge in [0.25, 0.3) is 0 Å². The van der Waals surface area contributed by atoms with Gasteiger partial charge in [-0.25, -0.2) is 4.79 Å². The Hall–Kier alpha value is -3.46. The molecule has 0 atom stereocenters. The summed E-state index contributed by atoms with van der Waals surface area (Å²) in [5.41, 5.74) is 1.32. The van der Waals surface area contributed by atoms with Crippen LogP contribution in [0.15, 0.2) is 128 Å². The largest absolute Gasteiger partial charge is 1.00 e. The molecule has 1 heterocycles. The third-order valence-electron chi connectivity index (χ3n) is 6.36. The number of benzene rings is 4. The molecule has 4 aromatic carbocycles. The lowest BCUT2D eigenvalue weighted by atomic mass is 10.1. The molecule has 39 heavy (non-hydrogen) atoms. The van der Waals surface area contributed by atoms with Crippen LogP contribution in [0.4, 0.5) is 4.79 Å². The van der Waals surface area contributed by atoms with Crippen molar-refractivity contribution in [2.24, 2.45) is 0 Å². The number of halogens is 1. The highest BCUT2D eigenvalue weighted by atomic mass is 79.9. The number of carbonyl (C=O) groups is 1. The molecule has 0 radical (unpaired) electrons. The Labute approximate surface area is 243 Å². The maximum atomic E-state index is 12.0. The molecule has 0 aliphatic rings. The first-order valence-electron chi connectivity index (χ1n) is 12.7. The van der Waals surface area contributed by atoms with Crippen molar-refractivity contribution in [1.82, 2.24) is 4.57 Å². The maximum Gasteiger partial charge on any atom is 0.418 e. The van der Waals surface area contributed by atoms with Crippen LogP contribution in [0.5, 0.6) is 0 Å². The maximum absolute atomic E-state index is 12.0. The highest BCUT2D eigenvalue weighted by Crippen LogP contribution is 2.51. The summed E-state index contributed by atoms with van der Waals surface area (Å²) in [6, 6.07) is 40.4. The summed E-state index contributed by atoms with van der Waals surface area (Å²) >= 11 is 0. The first-order chi connectivity index (χ1) is 18.2. The third-order valence-corrected chi connectivity index (χ3v) is 10.4. The third kappa shape index (κ3) is 7.15. The molecule has 5 aromatic rings. The lowest BCUT2D eigenvalue weighted by Gasteiger charge is -2.22. The molecule has 3 nitrogen and oxygen atoms in total. The average Bonchev–Trinajstić information content (AvgIpc) is 3.37. The predicted molar refractivity (Wildman–Crippen MR) is 165 cm³/mol. The second kappa shape index (κ2) is 13.1. The molecular formula is C34H35BrNO2P. The smallest absolute Gasteiger partial charge is 0.418 e. The minimum absolute atomic E-state index is 0. The topological polar surface area (TPSA) is 31.2 Å². The summed E-state index contributed by atoms with van der Waals surface area (Å²) in [7, 11) is -1.53. The van der Waals surface area contributed by atoms with E-state index in [9.17, 15) is 4.79 Å². The zero-order valence-electron chi connectivity index (χ0n) is 22.9. The van der Waals surface area contributed by atoms with E-state index in [-0.39, 0.29) is 23.1 Å². The van der Waals surface area contributed by atoms with Crippen LogP contribution in [0.2, 0.25) is 0 Å². The van der Waals surface area contributed by atoms with Crippen molar-refractivity contribution in [3.8, 4) is 0 Å². The van der Waals surface area contributed by atoms with Crippen LogP contribution < -0.4 is 32.9 Å². The van der Waals surface area contributed by atoms with E-state index in [1.807, 2.05) is 45.0 Å². The average molecular weight is 601 g/mol. The number of aromatic nitrogens is 1. The number of hydrogen-bond acceptors (Lipinski definition) is 2. The van der Waals surface area contributed by atoms with E-state index in [1.165, 1.54) is 20.5 Å². The molecule has 0 N–H and O–H groups in total. The molecule has 0 amide bonds. The van der Waals surface area contributed by atoms with E-state index >= 15 is 0 Å². The number of ether oxygens (including phenoxy) is 1. The lowest BCUT2D eigenvalue weighted by molar-refractivity contribution is -0.0000285. The van der Waals surface area contributed by atoms with Crippen LogP contribution in [0.3, 0.4) is 0 Å². The van der Waals surface area contributed by atoms with Gasteiger partial charge in [0.05, 0.1) is 12.2 Å². The fraction of sp³-hybridized carbons (Fsp3) is 0.147. The van der Waals surface area contributed by atoms with Gasteiger partial charge in [0.2, 0.25) is 0 Å². The molecule has 0 aliphatic heterocycles.